The summed E-state index contributed by atoms with van der Waals surface area (Å²) in [4.78, 5) is 4.76. The van der Waals surface area contributed by atoms with Gasteiger partial charge in [-0.15, -0.1) is 22.7 Å². The van der Waals surface area contributed by atoms with Crippen molar-refractivity contribution in [2.45, 2.75) is 0 Å². The van der Waals surface area contributed by atoms with E-state index in [1.165, 1.54) is 57.2 Å². The van der Waals surface area contributed by atoms with Crippen LogP contribution in [0.25, 0.3) is 51.5 Å². The SMILES string of the molecule is c1ccc(N(c2cccc(-c3ccc4sc5cccc(N(c6ccccc6)c6ccccc6)c5c4c3)c2)c2ccc3sc4ccccc4c3c2)cc1. The number of anilines is 6. The van der Waals surface area contributed by atoms with Gasteiger partial charge in [-0.25, -0.2) is 0 Å². The first-order valence-corrected chi connectivity index (χ1v) is 19.1. The fraction of sp³-hybridized carbons (Fsp3) is 0. The molecule has 8 aromatic carbocycles. The van der Waals surface area contributed by atoms with Crippen LogP contribution in [0.4, 0.5) is 34.1 Å². The molecule has 10 rings (SSSR count). The molecule has 0 spiro atoms. The topological polar surface area (TPSA) is 6.48 Å². The Morgan fingerprint density at radius 1 is 0.288 bits per heavy atom. The van der Waals surface area contributed by atoms with Crippen molar-refractivity contribution in [3.05, 3.63) is 194 Å². The Balaban J connectivity index is 1.12. The maximum Gasteiger partial charge on any atom is 0.0554 e. The number of benzene rings is 8. The third-order valence-electron chi connectivity index (χ3n) is 9.81. The van der Waals surface area contributed by atoms with E-state index in [2.05, 4.69) is 204 Å². The summed E-state index contributed by atoms with van der Waals surface area (Å²) in [7, 11) is 0. The zero-order valence-electron chi connectivity index (χ0n) is 28.2. The largest absolute Gasteiger partial charge is 0.310 e. The van der Waals surface area contributed by atoms with Crippen LogP contribution in [0.2, 0.25) is 0 Å². The van der Waals surface area contributed by atoms with Crippen molar-refractivity contribution in [3.8, 4) is 11.1 Å². The van der Waals surface area contributed by atoms with Gasteiger partial charge in [0.15, 0.2) is 0 Å². The van der Waals surface area contributed by atoms with Crippen LogP contribution in [0.3, 0.4) is 0 Å². The van der Waals surface area contributed by atoms with Crippen molar-refractivity contribution in [2.24, 2.45) is 0 Å². The second-order valence-electron chi connectivity index (χ2n) is 13.0. The second kappa shape index (κ2) is 12.8. The van der Waals surface area contributed by atoms with Gasteiger partial charge in [-0.2, -0.15) is 0 Å². The number of thiophene rings is 2. The molecule has 0 unspecified atom stereocenters. The fourth-order valence-corrected chi connectivity index (χ4v) is 9.65. The van der Waals surface area contributed by atoms with Crippen LogP contribution in [0.1, 0.15) is 0 Å². The summed E-state index contributed by atoms with van der Waals surface area (Å²) < 4.78 is 5.19. The maximum absolute atomic E-state index is 2.39. The molecule has 0 aliphatic rings. The van der Waals surface area contributed by atoms with Crippen molar-refractivity contribution in [1.29, 1.82) is 0 Å². The van der Waals surface area contributed by atoms with Crippen LogP contribution in [0, 0.1) is 0 Å². The van der Waals surface area contributed by atoms with Crippen molar-refractivity contribution in [2.75, 3.05) is 9.80 Å². The maximum atomic E-state index is 2.39. The van der Waals surface area contributed by atoms with E-state index in [4.69, 9.17) is 0 Å². The van der Waals surface area contributed by atoms with Crippen molar-refractivity contribution in [1.82, 2.24) is 0 Å². The number of fused-ring (bicyclic) bond motifs is 6. The molecule has 0 amide bonds. The molecule has 4 heteroatoms. The van der Waals surface area contributed by atoms with Crippen molar-refractivity contribution in [3.63, 3.8) is 0 Å². The Morgan fingerprint density at radius 2 is 0.808 bits per heavy atom. The van der Waals surface area contributed by atoms with Crippen LogP contribution in [0.15, 0.2) is 194 Å². The molecule has 0 bridgehead atoms. The van der Waals surface area contributed by atoms with Crippen LogP contribution in [0.5, 0.6) is 0 Å². The molecule has 0 radical (unpaired) electrons. The summed E-state index contributed by atoms with van der Waals surface area (Å²) in [6.45, 7) is 0. The molecule has 0 aliphatic heterocycles. The van der Waals surface area contributed by atoms with E-state index >= 15 is 0 Å². The van der Waals surface area contributed by atoms with E-state index < -0.39 is 0 Å². The first kappa shape index (κ1) is 30.6. The summed E-state index contributed by atoms with van der Waals surface area (Å²) in [5.41, 5.74) is 9.23. The highest BCUT2D eigenvalue weighted by atomic mass is 32.1. The molecule has 2 heterocycles. The molecule has 0 atom stereocenters. The van der Waals surface area contributed by atoms with Crippen LogP contribution in [-0.4, -0.2) is 0 Å². The Hall–Kier alpha value is -6.20. The van der Waals surface area contributed by atoms with Gasteiger partial charge in [0.25, 0.3) is 0 Å². The predicted molar refractivity (Wildman–Crippen MR) is 227 cm³/mol. The molecular formula is C48H32N2S2. The molecule has 0 aliphatic carbocycles. The Kier molecular flexibility index (Phi) is 7.56. The third kappa shape index (κ3) is 5.32. The molecule has 0 saturated carbocycles. The predicted octanol–water partition coefficient (Wildman–Crippen LogP) is 15.0. The Labute approximate surface area is 310 Å². The lowest BCUT2D eigenvalue weighted by atomic mass is 10.0. The lowest BCUT2D eigenvalue weighted by molar-refractivity contribution is 1.29. The molecule has 2 aromatic heterocycles. The van der Waals surface area contributed by atoms with Gasteiger partial charge in [-0.3, -0.25) is 0 Å². The van der Waals surface area contributed by atoms with Gasteiger partial charge < -0.3 is 9.80 Å². The standard InChI is InChI=1S/C48H32N2S2/c1-4-15-35(16-5-1)49(39-27-29-45-41(32-39)40-22-10-11-24-44(40)51-45)38-21-12-14-33(30-38)34-26-28-46-42(31-34)48-43(23-13-25-47(48)52-46)50(36-17-6-2-7-18-36)37-19-8-3-9-20-37/h1-32H. The van der Waals surface area contributed by atoms with Gasteiger partial charge in [-0.05, 0) is 108 Å². The second-order valence-corrected chi connectivity index (χ2v) is 15.1. The summed E-state index contributed by atoms with van der Waals surface area (Å²) in [5.74, 6) is 0. The molecule has 0 saturated heterocycles. The van der Waals surface area contributed by atoms with Gasteiger partial charge in [0.1, 0.15) is 0 Å². The van der Waals surface area contributed by atoms with E-state index in [1.807, 2.05) is 22.7 Å². The number of nitrogens with zero attached hydrogens (tertiary/aromatic N) is 2. The van der Waals surface area contributed by atoms with E-state index in [-0.39, 0.29) is 0 Å². The Morgan fingerprint density at radius 3 is 1.56 bits per heavy atom. The molecule has 0 fully saturated rings. The minimum absolute atomic E-state index is 1.12. The van der Waals surface area contributed by atoms with Crippen molar-refractivity contribution >= 4 is 97.1 Å². The molecule has 246 valence electrons. The zero-order valence-corrected chi connectivity index (χ0v) is 29.8. The van der Waals surface area contributed by atoms with Gasteiger partial charge >= 0.3 is 0 Å². The lowest BCUT2D eigenvalue weighted by Crippen LogP contribution is -2.10. The molecule has 2 nitrogen and oxygen atoms in total. The number of para-hydroxylation sites is 3. The zero-order chi connectivity index (χ0) is 34.4. The van der Waals surface area contributed by atoms with E-state index in [0.29, 0.717) is 0 Å². The smallest absolute Gasteiger partial charge is 0.0554 e. The quantitative estimate of drug-likeness (QED) is 0.163. The summed E-state index contributed by atoms with van der Waals surface area (Å²) >= 11 is 3.71. The van der Waals surface area contributed by atoms with Crippen molar-refractivity contribution < 1.29 is 0 Å². The first-order chi connectivity index (χ1) is 25.8. The minimum Gasteiger partial charge on any atom is -0.310 e. The first-order valence-electron chi connectivity index (χ1n) is 17.5. The van der Waals surface area contributed by atoms with E-state index in [0.717, 1.165) is 28.4 Å². The van der Waals surface area contributed by atoms with E-state index in [9.17, 15) is 0 Å². The highest BCUT2D eigenvalue weighted by molar-refractivity contribution is 7.26. The Bertz CT molecular complexity index is 2820. The lowest BCUT2D eigenvalue weighted by Gasteiger charge is -2.26. The summed E-state index contributed by atoms with van der Waals surface area (Å²) in [5, 5.41) is 5.14. The number of hydrogen-bond acceptors (Lipinski definition) is 4. The highest BCUT2D eigenvalue weighted by Gasteiger charge is 2.19. The van der Waals surface area contributed by atoms with Crippen LogP contribution < -0.4 is 9.80 Å². The normalized spacial score (nSPS) is 11.5. The molecule has 10 aromatic rings. The van der Waals surface area contributed by atoms with Crippen LogP contribution >= 0.6 is 22.7 Å². The van der Waals surface area contributed by atoms with Crippen LogP contribution in [-0.2, 0) is 0 Å². The molecule has 52 heavy (non-hydrogen) atoms. The summed E-state index contributed by atoms with van der Waals surface area (Å²) in [6.07, 6.45) is 0. The average molecular weight is 701 g/mol. The monoisotopic (exact) mass is 700 g/mol. The third-order valence-corrected chi connectivity index (χ3v) is 12.1. The van der Waals surface area contributed by atoms with Gasteiger partial charge in [0, 0.05) is 68.8 Å². The number of hydrogen-bond donors (Lipinski definition) is 0. The van der Waals surface area contributed by atoms with Gasteiger partial charge in [0.2, 0.25) is 0 Å². The molecule has 0 N–H and O–H groups in total. The number of rotatable bonds is 7. The van der Waals surface area contributed by atoms with Gasteiger partial charge in [-0.1, -0.05) is 97.1 Å². The summed E-state index contributed by atoms with van der Waals surface area (Å²) in [6, 6.07) is 70.3. The van der Waals surface area contributed by atoms with E-state index in [1.54, 1.807) is 0 Å². The fourth-order valence-electron chi connectivity index (χ4n) is 7.46. The molecular weight excluding hydrogens is 669 g/mol. The van der Waals surface area contributed by atoms with Gasteiger partial charge in [0.05, 0.1) is 5.69 Å². The average Bonchev–Trinajstić information content (AvgIpc) is 3.78. The highest BCUT2D eigenvalue weighted by Crippen LogP contribution is 2.46. The minimum atomic E-state index is 1.12.